The summed E-state index contributed by atoms with van der Waals surface area (Å²) >= 11 is 0. The zero-order chi connectivity index (χ0) is 20.5. The van der Waals surface area contributed by atoms with Crippen molar-refractivity contribution in [3.8, 4) is 16.9 Å². The number of nitrogens with zero attached hydrogens (tertiary/aromatic N) is 2. The van der Waals surface area contributed by atoms with Gasteiger partial charge in [-0.2, -0.15) is 0 Å². The highest BCUT2D eigenvalue weighted by molar-refractivity contribution is 5.77. The molecule has 0 saturated carbocycles. The second-order valence-electron chi connectivity index (χ2n) is 7.39. The summed E-state index contributed by atoms with van der Waals surface area (Å²) in [6.07, 6.45) is 1.84. The number of piperazine rings is 1. The van der Waals surface area contributed by atoms with Crippen LogP contribution in [0.3, 0.4) is 0 Å². The van der Waals surface area contributed by atoms with E-state index < -0.39 is 0 Å². The van der Waals surface area contributed by atoms with E-state index in [1.807, 2.05) is 0 Å². The maximum atomic E-state index is 5.89. The Labute approximate surface area is 175 Å². The molecule has 1 heterocycles. The first-order valence-electron chi connectivity index (χ1n) is 10.6. The number of rotatable bonds is 10. The molecule has 1 aliphatic rings. The quantitative estimate of drug-likeness (QED) is 0.445. The molecule has 2 aromatic carbocycles. The minimum atomic E-state index is 0.341. The molecular weight excluding hydrogens is 364 g/mol. The molecule has 3 rings (SSSR count). The highest BCUT2D eigenvalue weighted by atomic mass is 16.7. The van der Waals surface area contributed by atoms with Gasteiger partial charge in [-0.1, -0.05) is 37.3 Å². The summed E-state index contributed by atoms with van der Waals surface area (Å²) in [4.78, 5) is 5.01. The topological polar surface area (TPSA) is 34.2 Å². The third-order valence-corrected chi connectivity index (χ3v) is 5.56. The van der Waals surface area contributed by atoms with Gasteiger partial charge >= 0.3 is 0 Å². The molecule has 0 unspecified atom stereocenters. The maximum Gasteiger partial charge on any atom is 0.146 e. The zero-order valence-electron chi connectivity index (χ0n) is 18.0. The summed E-state index contributed by atoms with van der Waals surface area (Å²) in [5.74, 6) is 0.971. The van der Waals surface area contributed by atoms with Gasteiger partial charge in [0.25, 0.3) is 0 Å². The number of methoxy groups -OCH3 is 2. The lowest BCUT2D eigenvalue weighted by Crippen LogP contribution is -2.46. The second kappa shape index (κ2) is 11.2. The number of anilines is 1. The van der Waals surface area contributed by atoms with Gasteiger partial charge in [-0.25, -0.2) is 0 Å². The predicted molar refractivity (Wildman–Crippen MR) is 119 cm³/mol. The fourth-order valence-electron chi connectivity index (χ4n) is 3.94. The molecule has 0 aliphatic carbocycles. The van der Waals surface area contributed by atoms with Crippen molar-refractivity contribution in [2.45, 2.75) is 19.8 Å². The molecule has 0 N–H and O–H groups in total. The minimum absolute atomic E-state index is 0.341. The summed E-state index contributed by atoms with van der Waals surface area (Å²) in [6.45, 7) is 8.73. The third-order valence-electron chi connectivity index (χ3n) is 5.56. The van der Waals surface area contributed by atoms with E-state index in [1.165, 1.54) is 16.8 Å². The molecule has 0 bridgehead atoms. The monoisotopic (exact) mass is 398 g/mol. The van der Waals surface area contributed by atoms with Crippen molar-refractivity contribution in [2.24, 2.45) is 0 Å². The average Bonchev–Trinajstić information content (AvgIpc) is 2.79. The average molecular weight is 399 g/mol. The smallest absolute Gasteiger partial charge is 0.146 e. The van der Waals surface area contributed by atoms with Crippen molar-refractivity contribution < 1.29 is 14.2 Å². The van der Waals surface area contributed by atoms with Crippen molar-refractivity contribution in [1.29, 1.82) is 0 Å². The SMILES string of the molecule is CCN1CCN(c2cc(CCCOCOC)c(OC)c(-c3ccccc3)c2)CC1. The van der Waals surface area contributed by atoms with E-state index in [0.717, 1.165) is 56.9 Å². The molecule has 0 spiro atoms. The largest absolute Gasteiger partial charge is 0.496 e. The molecule has 158 valence electrons. The van der Waals surface area contributed by atoms with E-state index in [0.29, 0.717) is 13.4 Å². The maximum absolute atomic E-state index is 5.89. The number of ether oxygens (including phenoxy) is 3. The Morgan fingerprint density at radius 1 is 0.966 bits per heavy atom. The van der Waals surface area contributed by atoms with Crippen molar-refractivity contribution in [1.82, 2.24) is 4.90 Å². The van der Waals surface area contributed by atoms with Gasteiger partial charge in [0.05, 0.1) is 7.11 Å². The lowest BCUT2D eigenvalue weighted by molar-refractivity contribution is -0.0310. The van der Waals surface area contributed by atoms with Crippen molar-refractivity contribution in [2.75, 3.05) is 65.2 Å². The molecule has 1 aliphatic heterocycles. The van der Waals surface area contributed by atoms with Crippen LogP contribution in [0.15, 0.2) is 42.5 Å². The Balaban J connectivity index is 1.88. The van der Waals surface area contributed by atoms with Crippen LogP contribution in [-0.4, -0.2) is 65.2 Å². The van der Waals surface area contributed by atoms with Crippen LogP contribution in [0.5, 0.6) is 5.75 Å². The number of hydrogen-bond donors (Lipinski definition) is 0. The summed E-state index contributed by atoms with van der Waals surface area (Å²) in [6, 6.07) is 15.1. The van der Waals surface area contributed by atoms with Gasteiger partial charge in [0, 0.05) is 51.1 Å². The van der Waals surface area contributed by atoms with Crippen LogP contribution in [0.4, 0.5) is 5.69 Å². The van der Waals surface area contributed by atoms with E-state index in [9.17, 15) is 0 Å². The summed E-state index contributed by atoms with van der Waals surface area (Å²) in [7, 11) is 3.42. The molecule has 29 heavy (non-hydrogen) atoms. The highest BCUT2D eigenvalue weighted by Crippen LogP contribution is 2.38. The van der Waals surface area contributed by atoms with Crippen LogP contribution in [0.25, 0.3) is 11.1 Å². The molecule has 5 heteroatoms. The van der Waals surface area contributed by atoms with Gasteiger partial charge in [0.1, 0.15) is 12.5 Å². The van der Waals surface area contributed by atoms with Gasteiger partial charge in [-0.3, -0.25) is 0 Å². The van der Waals surface area contributed by atoms with Gasteiger partial charge in [-0.15, -0.1) is 0 Å². The van der Waals surface area contributed by atoms with Gasteiger partial charge < -0.3 is 24.0 Å². The van der Waals surface area contributed by atoms with E-state index in [1.54, 1.807) is 14.2 Å². The Morgan fingerprint density at radius 3 is 2.38 bits per heavy atom. The Morgan fingerprint density at radius 2 is 1.72 bits per heavy atom. The summed E-state index contributed by atoms with van der Waals surface area (Å²) < 4.78 is 16.4. The highest BCUT2D eigenvalue weighted by Gasteiger charge is 2.20. The fourth-order valence-corrected chi connectivity index (χ4v) is 3.94. The lowest BCUT2D eigenvalue weighted by atomic mass is 9.97. The van der Waals surface area contributed by atoms with Crippen LogP contribution >= 0.6 is 0 Å². The zero-order valence-corrected chi connectivity index (χ0v) is 18.0. The predicted octanol–water partition coefficient (Wildman–Crippen LogP) is 4.06. The van der Waals surface area contributed by atoms with Gasteiger partial charge in [0.2, 0.25) is 0 Å². The van der Waals surface area contributed by atoms with Gasteiger partial charge in [0.15, 0.2) is 0 Å². The Hall–Kier alpha value is -2.08. The number of hydrogen-bond acceptors (Lipinski definition) is 5. The van der Waals surface area contributed by atoms with Gasteiger partial charge in [-0.05, 0) is 42.6 Å². The number of likely N-dealkylation sites (N-methyl/N-ethyl adjacent to an activating group) is 1. The number of benzene rings is 2. The molecule has 0 atom stereocenters. The summed E-state index contributed by atoms with van der Waals surface area (Å²) in [5.41, 5.74) is 4.88. The molecular formula is C24H34N2O3. The van der Waals surface area contributed by atoms with E-state index in [4.69, 9.17) is 14.2 Å². The molecule has 2 aromatic rings. The molecule has 5 nitrogen and oxygen atoms in total. The van der Waals surface area contributed by atoms with Crippen LogP contribution in [0.2, 0.25) is 0 Å². The van der Waals surface area contributed by atoms with Crippen molar-refractivity contribution in [3.63, 3.8) is 0 Å². The summed E-state index contributed by atoms with van der Waals surface area (Å²) in [5, 5.41) is 0. The molecule has 0 radical (unpaired) electrons. The lowest BCUT2D eigenvalue weighted by Gasteiger charge is -2.36. The molecule has 0 aromatic heterocycles. The fraction of sp³-hybridized carbons (Fsp3) is 0.500. The van der Waals surface area contributed by atoms with E-state index in [2.05, 4.69) is 59.2 Å². The first-order chi connectivity index (χ1) is 14.3. The molecule has 0 amide bonds. The van der Waals surface area contributed by atoms with Crippen LogP contribution in [0.1, 0.15) is 18.9 Å². The first kappa shape index (κ1) is 21.6. The minimum Gasteiger partial charge on any atom is -0.496 e. The Kier molecular flexibility index (Phi) is 8.35. The molecule has 1 saturated heterocycles. The van der Waals surface area contributed by atoms with Crippen LogP contribution in [0, 0.1) is 0 Å². The number of aryl methyl sites for hydroxylation is 1. The second-order valence-corrected chi connectivity index (χ2v) is 7.39. The third kappa shape index (κ3) is 5.72. The van der Waals surface area contributed by atoms with Crippen LogP contribution in [-0.2, 0) is 15.9 Å². The van der Waals surface area contributed by atoms with E-state index in [-0.39, 0.29) is 0 Å². The molecule has 1 fully saturated rings. The van der Waals surface area contributed by atoms with E-state index >= 15 is 0 Å². The Bertz CT molecular complexity index is 743. The standard InChI is InChI=1S/C24H34N2O3/c1-4-25-12-14-26(15-13-25)22-17-21(11-8-16-29-19-27-2)24(28-3)23(18-22)20-9-6-5-7-10-20/h5-7,9-10,17-18H,4,8,11-16,19H2,1-3H3. The van der Waals surface area contributed by atoms with Crippen molar-refractivity contribution in [3.05, 3.63) is 48.0 Å². The first-order valence-corrected chi connectivity index (χ1v) is 10.6. The van der Waals surface area contributed by atoms with Crippen molar-refractivity contribution >= 4 is 5.69 Å². The van der Waals surface area contributed by atoms with Crippen LogP contribution < -0.4 is 9.64 Å². The normalized spacial score (nSPS) is 14.9.